The monoisotopic (exact) mass is 378 g/mol. The van der Waals surface area contributed by atoms with Crippen LogP contribution in [0.1, 0.15) is 24.2 Å². The molecule has 0 bridgehead atoms. The number of hydrogen-bond acceptors (Lipinski definition) is 3. The fourth-order valence-corrected chi connectivity index (χ4v) is 3.20. The quantitative estimate of drug-likeness (QED) is 0.627. The number of thiocarbonyl (C=S) groups is 1. The van der Waals surface area contributed by atoms with Gasteiger partial charge in [-0.05, 0) is 61.8 Å². The normalized spacial score (nSPS) is 10.4. The Morgan fingerprint density at radius 1 is 0.963 bits per heavy atom. The molecular weight excluding hydrogens is 356 g/mol. The minimum atomic E-state index is -0.163. The highest BCUT2D eigenvalue weighted by molar-refractivity contribution is 7.80. The summed E-state index contributed by atoms with van der Waals surface area (Å²) in [6, 6.07) is 20.8. The Morgan fingerprint density at radius 2 is 1.63 bits per heavy atom. The molecule has 3 rings (SSSR count). The maximum absolute atomic E-state index is 12.6. The number of fused-ring (bicyclic) bond motifs is 1. The van der Waals surface area contributed by atoms with E-state index in [1.165, 1.54) is 0 Å². The van der Waals surface area contributed by atoms with Gasteiger partial charge < -0.3 is 15.0 Å². The first-order chi connectivity index (χ1) is 13.1. The number of amides is 1. The Labute approximate surface area is 164 Å². The molecule has 3 aromatic carbocycles. The summed E-state index contributed by atoms with van der Waals surface area (Å²) in [5, 5.41) is 5.52. The smallest absolute Gasteiger partial charge is 0.264 e. The number of ether oxygens (including phenoxy) is 1. The van der Waals surface area contributed by atoms with Crippen LogP contribution < -0.4 is 10.1 Å². The lowest BCUT2D eigenvalue weighted by Crippen LogP contribution is -2.32. The highest BCUT2D eigenvalue weighted by Gasteiger charge is 2.11. The van der Waals surface area contributed by atoms with Gasteiger partial charge in [0.25, 0.3) is 11.1 Å². The van der Waals surface area contributed by atoms with E-state index in [9.17, 15) is 4.79 Å². The Kier molecular flexibility index (Phi) is 6.04. The Bertz CT molecular complexity index is 945. The van der Waals surface area contributed by atoms with Gasteiger partial charge in [0.1, 0.15) is 5.75 Å². The lowest BCUT2D eigenvalue weighted by molar-refractivity contribution is 0.102. The molecule has 0 radical (unpaired) electrons. The van der Waals surface area contributed by atoms with E-state index in [-0.39, 0.29) is 5.91 Å². The van der Waals surface area contributed by atoms with Crippen molar-refractivity contribution in [2.45, 2.75) is 13.8 Å². The van der Waals surface area contributed by atoms with Crippen LogP contribution in [0.2, 0.25) is 0 Å². The molecule has 0 aromatic heterocycles. The maximum Gasteiger partial charge on any atom is 0.264 e. The van der Waals surface area contributed by atoms with Gasteiger partial charge in [-0.3, -0.25) is 4.79 Å². The van der Waals surface area contributed by atoms with Crippen molar-refractivity contribution in [3.8, 4) is 5.75 Å². The third-order valence-electron chi connectivity index (χ3n) is 4.38. The molecule has 0 saturated carbocycles. The van der Waals surface area contributed by atoms with Crippen LogP contribution in [0.5, 0.6) is 5.75 Å². The van der Waals surface area contributed by atoms with E-state index in [1.807, 2.05) is 61.2 Å². The second-order valence-corrected chi connectivity index (χ2v) is 6.39. The number of carbonyl (C=O) groups is 1. The standard InChI is InChI=1S/C22H22N2O2S/c1-3-24(4-2)22(27)26-18-14-12-17(13-15-18)21(25)23-20-11-7-9-16-8-5-6-10-19(16)20/h5-15H,3-4H2,1-2H3,(H,23,25). The van der Waals surface area contributed by atoms with Gasteiger partial charge in [0, 0.05) is 29.7 Å². The largest absolute Gasteiger partial charge is 0.432 e. The fourth-order valence-electron chi connectivity index (χ4n) is 2.85. The number of hydrogen-bond donors (Lipinski definition) is 1. The molecule has 4 nitrogen and oxygen atoms in total. The van der Waals surface area contributed by atoms with Crippen LogP contribution in [0.15, 0.2) is 66.7 Å². The topological polar surface area (TPSA) is 41.6 Å². The molecule has 0 atom stereocenters. The van der Waals surface area contributed by atoms with E-state index < -0.39 is 0 Å². The molecule has 5 heteroatoms. The number of rotatable bonds is 5. The minimum Gasteiger partial charge on any atom is -0.432 e. The first kappa shape index (κ1) is 18.9. The Morgan fingerprint density at radius 3 is 2.33 bits per heavy atom. The summed E-state index contributed by atoms with van der Waals surface area (Å²) in [6.45, 7) is 5.64. The van der Waals surface area contributed by atoms with Crippen molar-refractivity contribution in [2.75, 3.05) is 18.4 Å². The van der Waals surface area contributed by atoms with Crippen LogP contribution in [0.4, 0.5) is 5.69 Å². The van der Waals surface area contributed by atoms with Gasteiger partial charge in [-0.25, -0.2) is 0 Å². The van der Waals surface area contributed by atoms with Gasteiger partial charge in [0.15, 0.2) is 0 Å². The SMILES string of the molecule is CCN(CC)C(=S)Oc1ccc(C(=O)Nc2cccc3ccccc23)cc1. The predicted molar refractivity (Wildman–Crippen MR) is 114 cm³/mol. The van der Waals surface area contributed by atoms with E-state index in [2.05, 4.69) is 5.32 Å². The van der Waals surface area contributed by atoms with E-state index in [4.69, 9.17) is 17.0 Å². The summed E-state index contributed by atoms with van der Waals surface area (Å²) in [5.41, 5.74) is 1.35. The van der Waals surface area contributed by atoms with Crippen molar-refractivity contribution >= 4 is 39.8 Å². The number of benzene rings is 3. The van der Waals surface area contributed by atoms with Gasteiger partial charge in [-0.2, -0.15) is 0 Å². The van der Waals surface area contributed by atoms with E-state index >= 15 is 0 Å². The Balaban J connectivity index is 1.71. The molecule has 1 N–H and O–H groups in total. The number of nitrogens with one attached hydrogen (secondary N) is 1. The molecular formula is C22H22N2O2S. The van der Waals surface area contributed by atoms with Gasteiger partial charge in [0.05, 0.1) is 0 Å². The Hall–Kier alpha value is -2.92. The molecule has 0 saturated heterocycles. The van der Waals surface area contributed by atoms with Crippen molar-refractivity contribution in [3.63, 3.8) is 0 Å². The molecule has 138 valence electrons. The second-order valence-electron chi connectivity index (χ2n) is 6.05. The molecule has 0 aliphatic rings. The zero-order chi connectivity index (χ0) is 19.2. The summed E-state index contributed by atoms with van der Waals surface area (Å²) in [7, 11) is 0. The highest BCUT2D eigenvalue weighted by atomic mass is 32.1. The first-order valence-electron chi connectivity index (χ1n) is 8.98. The lowest BCUT2D eigenvalue weighted by Gasteiger charge is -2.21. The number of carbonyl (C=O) groups excluding carboxylic acids is 1. The average Bonchev–Trinajstić information content (AvgIpc) is 2.70. The van der Waals surface area contributed by atoms with Crippen LogP contribution >= 0.6 is 12.2 Å². The summed E-state index contributed by atoms with van der Waals surface area (Å²) >= 11 is 5.30. The lowest BCUT2D eigenvalue weighted by atomic mass is 10.1. The van der Waals surface area contributed by atoms with Crippen molar-refractivity contribution in [3.05, 3.63) is 72.3 Å². The first-order valence-corrected chi connectivity index (χ1v) is 9.39. The summed E-state index contributed by atoms with van der Waals surface area (Å²) < 4.78 is 5.69. The van der Waals surface area contributed by atoms with Crippen LogP contribution in [-0.4, -0.2) is 29.1 Å². The third kappa shape index (κ3) is 4.44. The molecule has 0 aliphatic heterocycles. The maximum atomic E-state index is 12.6. The fraction of sp³-hybridized carbons (Fsp3) is 0.182. The summed E-state index contributed by atoms with van der Waals surface area (Å²) in [5.74, 6) is 0.456. The zero-order valence-corrected chi connectivity index (χ0v) is 16.3. The van der Waals surface area contributed by atoms with Crippen LogP contribution in [-0.2, 0) is 0 Å². The average molecular weight is 378 g/mol. The third-order valence-corrected chi connectivity index (χ3v) is 4.72. The van der Waals surface area contributed by atoms with Crippen molar-refractivity contribution < 1.29 is 9.53 Å². The van der Waals surface area contributed by atoms with Crippen molar-refractivity contribution in [2.24, 2.45) is 0 Å². The van der Waals surface area contributed by atoms with E-state index in [0.29, 0.717) is 16.5 Å². The van der Waals surface area contributed by atoms with Gasteiger partial charge in [0.2, 0.25) is 0 Å². The van der Waals surface area contributed by atoms with E-state index in [0.717, 1.165) is 29.5 Å². The molecule has 1 amide bonds. The van der Waals surface area contributed by atoms with Crippen LogP contribution in [0.3, 0.4) is 0 Å². The molecule has 0 aliphatic carbocycles. The molecule has 27 heavy (non-hydrogen) atoms. The molecule has 0 spiro atoms. The van der Waals surface area contributed by atoms with Crippen LogP contribution in [0.25, 0.3) is 10.8 Å². The zero-order valence-electron chi connectivity index (χ0n) is 15.4. The van der Waals surface area contributed by atoms with E-state index in [1.54, 1.807) is 24.3 Å². The molecule has 0 fully saturated rings. The van der Waals surface area contributed by atoms with Crippen molar-refractivity contribution in [1.29, 1.82) is 0 Å². The molecule has 3 aromatic rings. The van der Waals surface area contributed by atoms with Gasteiger partial charge in [-0.15, -0.1) is 0 Å². The van der Waals surface area contributed by atoms with Gasteiger partial charge in [-0.1, -0.05) is 36.4 Å². The van der Waals surface area contributed by atoms with Gasteiger partial charge >= 0.3 is 0 Å². The van der Waals surface area contributed by atoms with Crippen LogP contribution in [0, 0.1) is 0 Å². The molecule has 0 unspecified atom stereocenters. The predicted octanol–water partition coefficient (Wildman–Crippen LogP) is 5.10. The van der Waals surface area contributed by atoms with Crippen molar-refractivity contribution in [1.82, 2.24) is 4.90 Å². The minimum absolute atomic E-state index is 0.163. The highest BCUT2D eigenvalue weighted by Crippen LogP contribution is 2.24. The summed E-state index contributed by atoms with van der Waals surface area (Å²) in [4.78, 5) is 14.6. The summed E-state index contributed by atoms with van der Waals surface area (Å²) in [6.07, 6.45) is 0. The second kappa shape index (κ2) is 8.64. The number of anilines is 1. The number of nitrogens with zero attached hydrogens (tertiary/aromatic N) is 1. The molecule has 0 heterocycles.